The van der Waals surface area contributed by atoms with E-state index in [0.29, 0.717) is 12.4 Å². The number of methoxy groups -OCH3 is 2. The monoisotopic (exact) mass is 340 g/mol. The fourth-order valence-electron chi connectivity index (χ4n) is 1.81. The zero-order valence-corrected chi connectivity index (χ0v) is 13.6. The molecule has 0 spiro atoms. The molecule has 2 aromatic rings. The second-order valence-corrected chi connectivity index (χ2v) is 5.21. The first kappa shape index (κ1) is 16.5. The standard InChI is InChI=1S/C16H14Cl2O4/c1-20-12-5-3-10(4-6-12)9-22-15-13(17)7-11(8-14(15)18)16(19)21-2/h3-8H,9H2,1-2H3. The lowest BCUT2D eigenvalue weighted by molar-refractivity contribution is 0.0600. The van der Waals surface area contributed by atoms with Crippen LogP contribution in [0.3, 0.4) is 0 Å². The number of halogens is 2. The van der Waals surface area contributed by atoms with Crippen LogP contribution in [-0.4, -0.2) is 20.2 Å². The first-order chi connectivity index (χ1) is 10.5. The number of esters is 1. The Bertz CT molecular complexity index is 645. The molecule has 0 aliphatic heterocycles. The first-order valence-corrected chi connectivity index (χ1v) is 7.14. The van der Waals surface area contributed by atoms with Crippen LogP contribution in [-0.2, 0) is 11.3 Å². The second-order valence-electron chi connectivity index (χ2n) is 4.40. The number of benzene rings is 2. The van der Waals surface area contributed by atoms with E-state index in [-0.39, 0.29) is 15.6 Å². The normalized spacial score (nSPS) is 10.2. The van der Waals surface area contributed by atoms with Crippen molar-refractivity contribution in [3.05, 3.63) is 57.6 Å². The topological polar surface area (TPSA) is 44.8 Å². The van der Waals surface area contributed by atoms with Crippen LogP contribution in [0.15, 0.2) is 36.4 Å². The van der Waals surface area contributed by atoms with Crippen molar-refractivity contribution in [1.29, 1.82) is 0 Å². The molecule has 4 nitrogen and oxygen atoms in total. The van der Waals surface area contributed by atoms with Crippen LogP contribution < -0.4 is 9.47 Å². The van der Waals surface area contributed by atoms with Gasteiger partial charge < -0.3 is 14.2 Å². The Labute approximate surface area is 138 Å². The lowest BCUT2D eigenvalue weighted by Crippen LogP contribution is -2.03. The van der Waals surface area contributed by atoms with Gasteiger partial charge in [-0.1, -0.05) is 35.3 Å². The third-order valence-electron chi connectivity index (χ3n) is 2.96. The third kappa shape index (κ3) is 3.84. The average molecular weight is 341 g/mol. The molecule has 0 N–H and O–H groups in total. The van der Waals surface area contributed by atoms with Crippen LogP contribution in [0.4, 0.5) is 0 Å². The van der Waals surface area contributed by atoms with Gasteiger partial charge in [-0.25, -0.2) is 4.79 Å². The fourth-order valence-corrected chi connectivity index (χ4v) is 2.41. The van der Waals surface area contributed by atoms with Gasteiger partial charge in [0.2, 0.25) is 0 Å². The highest BCUT2D eigenvalue weighted by atomic mass is 35.5. The lowest BCUT2D eigenvalue weighted by Gasteiger charge is -2.11. The molecule has 2 rings (SSSR count). The number of hydrogen-bond donors (Lipinski definition) is 0. The molecule has 0 radical (unpaired) electrons. The number of carbonyl (C=O) groups is 1. The predicted octanol–water partition coefficient (Wildman–Crippen LogP) is 4.37. The van der Waals surface area contributed by atoms with Gasteiger partial charge >= 0.3 is 5.97 Å². The molecule has 0 unspecified atom stereocenters. The molecule has 0 saturated heterocycles. The van der Waals surface area contributed by atoms with Crippen molar-refractivity contribution in [3.8, 4) is 11.5 Å². The van der Waals surface area contributed by atoms with Gasteiger partial charge in [0.1, 0.15) is 12.4 Å². The number of carbonyl (C=O) groups excluding carboxylic acids is 1. The number of hydrogen-bond acceptors (Lipinski definition) is 4. The minimum atomic E-state index is -0.509. The van der Waals surface area contributed by atoms with Crippen molar-refractivity contribution >= 4 is 29.2 Å². The summed E-state index contributed by atoms with van der Waals surface area (Å²) in [6, 6.07) is 10.3. The smallest absolute Gasteiger partial charge is 0.337 e. The van der Waals surface area contributed by atoms with Crippen LogP contribution in [0.25, 0.3) is 0 Å². The van der Waals surface area contributed by atoms with Gasteiger partial charge in [0.15, 0.2) is 5.75 Å². The zero-order valence-electron chi connectivity index (χ0n) is 12.1. The Morgan fingerprint density at radius 2 is 1.64 bits per heavy atom. The summed E-state index contributed by atoms with van der Waals surface area (Å²) >= 11 is 12.2. The molecule has 2 aromatic carbocycles. The molecule has 0 bridgehead atoms. The van der Waals surface area contributed by atoms with Crippen LogP contribution in [0.5, 0.6) is 11.5 Å². The Morgan fingerprint density at radius 1 is 1.05 bits per heavy atom. The van der Waals surface area contributed by atoms with Crippen molar-refractivity contribution < 1.29 is 19.0 Å². The molecular formula is C16H14Cl2O4. The number of ether oxygens (including phenoxy) is 3. The van der Waals surface area contributed by atoms with Crippen molar-refractivity contribution in [3.63, 3.8) is 0 Å². The summed E-state index contributed by atoms with van der Waals surface area (Å²) in [7, 11) is 2.89. The minimum absolute atomic E-state index is 0.251. The molecule has 0 saturated carbocycles. The number of rotatable bonds is 5. The third-order valence-corrected chi connectivity index (χ3v) is 3.52. The van der Waals surface area contributed by atoms with E-state index >= 15 is 0 Å². The van der Waals surface area contributed by atoms with E-state index in [1.54, 1.807) is 7.11 Å². The van der Waals surface area contributed by atoms with E-state index in [1.165, 1.54) is 19.2 Å². The van der Waals surface area contributed by atoms with E-state index in [2.05, 4.69) is 4.74 Å². The fraction of sp³-hybridized carbons (Fsp3) is 0.188. The average Bonchev–Trinajstić information content (AvgIpc) is 2.53. The van der Waals surface area contributed by atoms with E-state index in [9.17, 15) is 4.79 Å². The van der Waals surface area contributed by atoms with Crippen LogP contribution in [0.1, 0.15) is 15.9 Å². The van der Waals surface area contributed by atoms with E-state index in [4.69, 9.17) is 32.7 Å². The Kier molecular flexibility index (Phi) is 5.52. The second kappa shape index (κ2) is 7.38. The van der Waals surface area contributed by atoms with Gasteiger partial charge in [-0.15, -0.1) is 0 Å². The van der Waals surface area contributed by atoms with E-state index < -0.39 is 5.97 Å². The Balaban J connectivity index is 2.13. The maximum absolute atomic E-state index is 11.5. The largest absolute Gasteiger partial charge is 0.497 e. The summed E-state index contributed by atoms with van der Waals surface area (Å²) in [5, 5.41) is 0.503. The highest BCUT2D eigenvalue weighted by Crippen LogP contribution is 2.35. The molecule has 0 amide bonds. The Hall–Kier alpha value is -1.91. The van der Waals surface area contributed by atoms with Crippen molar-refractivity contribution in [2.45, 2.75) is 6.61 Å². The Morgan fingerprint density at radius 3 is 2.14 bits per heavy atom. The zero-order chi connectivity index (χ0) is 16.1. The molecule has 22 heavy (non-hydrogen) atoms. The maximum atomic E-state index is 11.5. The maximum Gasteiger partial charge on any atom is 0.337 e. The molecule has 0 aliphatic rings. The SMILES string of the molecule is COC(=O)c1cc(Cl)c(OCc2ccc(OC)cc2)c(Cl)c1. The van der Waals surface area contributed by atoms with Crippen molar-refractivity contribution in [1.82, 2.24) is 0 Å². The van der Waals surface area contributed by atoms with Gasteiger partial charge in [0.05, 0.1) is 29.8 Å². The molecule has 0 aromatic heterocycles. The van der Waals surface area contributed by atoms with Crippen molar-refractivity contribution in [2.24, 2.45) is 0 Å². The van der Waals surface area contributed by atoms with Gasteiger partial charge in [0, 0.05) is 0 Å². The first-order valence-electron chi connectivity index (χ1n) is 6.38. The quantitative estimate of drug-likeness (QED) is 0.758. The van der Waals surface area contributed by atoms with Crippen molar-refractivity contribution in [2.75, 3.05) is 14.2 Å². The summed E-state index contributed by atoms with van der Waals surface area (Å²) < 4.78 is 15.4. The molecule has 116 valence electrons. The van der Waals surface area contributed by atoms with Gasteiger partial charge in [-0.3, -0.25) is 0 Å². The molecule has 0 fully saturated rings. The lowest BCUT2D eigenvalue weighted by atomic mass is 10.2. The van der Waals surface area contributed by atoms with E-state index in [0.717, 1.165) is 11.3 Å². The highest BCUT2D eigenvalue weighted by Gasteiger charge is 2.14. The highest BCUT2D eigenvalue weighted by molar-refractivity contribution is 6.37. The van der Waals surface area contributed by atoms with Gasteiger partial charge in [-0.2, -0.15) is 0 Å². The molecule has 6 heteroatoms. The minimum Gasteiger partial charge on any atom is -0.497 e. The molecular weight excluding hydrogens is 327 g/mol. The summed E-state index contributed by atoms with van der Waals surface area (Å²) in [6.07, 6.45) is 0. The van der Waals surface area contributed by atoms with Crippen LogP contribution in [0, 0.1) is 0 Å². The molecule has 0 aliphatic carbocycles. The summed E-state index contributed by atoms with van der Waals surface area (Å²) in [5.74, 6) is 0.583. The molecule has 0 atom stereocenters. The van der Waals surface area contributed by atoms with Gasteiger partial charge in [0.25, 0.3) is 0 Å². The predicted molar refractivity (Wildman–Crippen MR) is 85.1 cm³/mol. The summed E-state index contributed by atoms with van der Waals surface area (Å²) in [6.45, 7) is 0.293. The van der Waals surface area contributed by atoms with E-state index in [1.807, 2.05) is 24.3 Å². The molecule has 0 heterocycles. The van der Waals surface area contributed by atoms with Crippen LogP contribution in [0.2, 0.25) is 10.0 Å². The van der Waals surface area contributed by atoms with Gasteiger partial charge in [-0.05, 0) is 29.8 Å². The summed E-state index contributed by atoms with van der Waals surface area (Å²) in [4.78, 5) is 11.5. The van der Waals surface area contributed by atoms with Crippen LogP contribution >= 0.6 is 23.2 Å². The summed E-state index contributed by atoms with van der Waals surface area (Å²) in [5.41, 5.74) is 1.21.